The molecule has 1 N–H and O–H groups in total. The van der Waals surface area contributed by atoms with Gasteiger partial charge < -0.3 is 5.32 Å². The van der Waals surface area contributed by atoms with Crippen LogP contribution in [0.2, 0.25) is 0 Å². The third kappa shape index (κ3) is 3.46. The molecule has 0 saturated carbocycles. The van der Waals surface area contributed by atoms with Crippen LogP contribution in [0.3, 0.4) is 0 Å². The van der Waals surface area contributed by atoms with Crippen LogP contribution in [0.5, 0.6) is 0 Å². The summed E-state index contributed by atoms with van der Waals surface area (Å²) < 4.78 is 1.99. The molecular formula is C16H26N4O. The number of likely N-dealkylation sites (tertiary alicyclic amines) is 1. The summed E-state index contributed by atoms with van der Waals surface area (Å²) in [5.74, 6) is 0.237. The van der Waals surface area contributed by atoms with Gasteiger partial charge in [-0.2, -0.15) is 5.10 Å². The first kappa shape index (κ1) is 14.6. The molecule has 1 amide bonds. The van der Waals surface area contributed by atoms with E-state index in [-0.39, 0.29) is 5.91 Å². The Morgan fingerprint density at radius 2 is 2.10 bits per heavy atom. The number of aromatic nitrogens is 2. The summed E-state index contributed by atoms with van der Waals surface area (Å²) in [6.45, 7) is 7.21. The van der Waals surface area contributed by atoms with Gasteiger partial charge >= 0.3 is 0 Å². The molecule has 2 aliphatic heterocycles. The molecule has 0 bridgehead atoms. The van der Waals surface area contributed by atoms with Crippen molar-refractivity contribution in [2.24, 2.45) is 5.41 Å². The number of carbonyl (C=O) groups is 1. The molecule has 2 fully saturated rings. The second kappa shape index (κ2) is 6.18. The summed E-state index contributed by atoms with van der Waals surface area (Å²) in [6.07, 6.45) is 9.53. The van der Waals surface area contributed by atoms with Gasteiger partial charge in [0.25, 0.3) is 0 Å². The molecule has 21 heavy (non-hydrogen) atoms. The highest BCUT2D eigenvalue weighted by atomic mass is 16.1. The Labute approximate surface area is 126 Å². The predicted molar refractivity (Wildman–Crippen MR) is 81.7 cm³/mol. The summed E-state index contributed by atoms with van der Waals surface area (Å²) in [6, 6.07) is 0. The summed E-state index contributed by atoms with van der Waals surface area (Å²) in [4.78, 5) is 14.0. The summed E-state index contributed by atoms with van der Waals surface area (Å²) in [7, 11) is 0. The van der Waals surface area contributed by atoms with E-state index >= 15 is 0 Å². The number of rotatable bonds is 3. The molecule has 2 saturated heterocycles. The molecule has 0 atom stereocenters. The predicted octanol–water partition coefficient (Wildman–Crippen LogP) is 1.79. The molecule has 0 aliphatic carbocycles. The lowest BCUT2D eigenvalue weighted by molar-refractivity contribution is -0.121. The molecule has 2 aliphatic rings. The second-order valence-corrected chi connectivity index (χ2v) is 6.58. The van der Waals surface area contributed by atoms with Crippen molar-refractivity contribution in [3.8, 4) is 0 Å². The standard InChI is InChI=1S/C16H26N4O/c1-2-20-13-14(11-18-20)12-19-9-6-16(7-10-19)4-3-15(21)17-8-5-16/h11,13H,2-10,12H2,1H3,(H,17,21). The van der Waals surface area contributed by atoms with Crippen molar-refractivity contribution < 1.29 is 4.79 Å². The molecule has 1 aromatic heterocycles. The Morgan fingerprint density at radius 3 is 2.81 bits per heavy atom. The smallest absolute Gasteiger partial charge is 0.220 e. The van der Waals surface area contributed by atoms with Gasteiger partial charge in [-0.25, -0.2) is 0 Å². The average Bonchev–Trinajstić information content (AvgIpc) is 2.87. The van der Waals surface area contributed by atoms with Crippen molar-refractivity contribution in [1.82, 2.24) is 20.0 Å². The largest absolute Gasteiger partial charge is 0.356 e. The molecule has 1 aromatic rings. The van der Waals surface area contributed by atoms with Crippen LogP contribution in [0, 0.1) is 5.41 Å². The Balaban J connectivity index is 1.53. The number of hydrogen-bond donors (Lipinski definition) is 1. The number of nitrogens with zero attached hydrogens (tertiary/aromatic N) is 3. The van der Waals surface area contributed by atoms with Crippen LogP contribution in [0.25, 0.3) is 0 Å². The van der Waals surface area contributed by atoms with Crippen molar-refractivity contribution in [2.75, 3.05) is 19.6 Å². The molecule has 0 aromatic carbocycles. The van der Waals surface area contributed by atoms with E-state index in [0.29, 0.717) is 11.8 Å². The minimum Gasteiger partial charge on any atom is -0.356 e. The van der Waals surface area contributed by atoms with Crippen LogP contribution in [-0.4, -0.2) is 40.2 Å². The molecule has 3 rings (SSSR count). The zero-order valence-corrected chi connectivity index (χ0v) is 13.0. The molecule has 3 heterocycles. The van der Waals surface area contributed by atoms with E-state index < -0.39 is 0 Å². The third-order valence-corrected chi connectivity index (χ3v) is 5.19. The van der Waals surface area contributed by atoms with Crippen molar-refractivity contribution in [3.63, 3.8) is 0 Å². The van der Waals surface area contributed by atoms with Gasteiger partial charge in [0.2, 0.25) is 5.91 Å². The number of amides is 1. The Bertz CT molecular complexity index is 488. The third-order valence-electron chi connectivity index (χ3n) is 5.19. The SMILES string of the molecule is CCn1cc(CN2CCC3(CCNC(=O)CC3)CC2)cn1. The van der Waals surface area contributed by atoms with Gasteiger partial charge in [0, 0.05) is 37.8 Å². The number of piperidine rings is 1. The first-order valence-electron chi connectivity index (χ1n) is 8.19. The lowest BCUT2D eigenvalue weighted by Gasteiger charge is -2.41. The number of aryl methyl sites for hydroxylation is 1. The molecule has 0 unspecified atom stereocenters. The highest BCUT2D eigenvalue weighted by Gasteiger charge is 2.35. The van der Waals surface area contributed by atoms with Crippen molar-refractivity contribution >= 4 is 5.91 Å². The summed E-state index contributed by atoms with van der Waals surface area (Å²) in [5, 5.41) is 7.36. The Hall–Kier alpha value is -1.36. The van der Waals surface area contributed by atoms with Crippen LogP contribution in [0.1, 0.15) is 44.6 Å². The van der Waals surface area contributed by atoms with Gasteiger partial charge in [-0.05, 0) is 51.1 Å². The Kier molecular flexibility index (Phi) is 4.29. The van der Waals surface area contributed by atoms with E-state index in [4.69, 9.17) is 0 Å². The van der Waals surface area contributed by atoms with Crippen molar-refractivity contribution in [1.29, 1.82) is 0 Å². The van der Waals surface area contributed by atoms with E-state index in [1.54, 1.807) is 0 Å². The Morgan fingerprint density at radius 1 is 1.29 bits per heavy atom. The summed E-state index contributed by atoms with van der Waals surface area (Å²) >= 11 is 0. The monoisotopic (exact) mass is 290 g/mol. The first-order valence-corrected chi connectivity index (χ1v) is 8.19. The number of nitrogens with one attached hydrogen (secondary N) is 1. The fourth-order valence-electron chi connectivity index (χ4n) is 3.66. The normalized spacial score (nSPS) is 23.0. The minimum atomic E-state index is 0.237. The maximum absolute atomic E-state index is 11.5. The van der Waals surface area contributed by atoms with E-state index in [2.05, 4.69) is 28.4 Å². The summed E-state index contributed by atoms with van der Waals surface area (Å²) in [5.41, 5.74) is 1.72. The van der Waals surface area contributed by atoms with Gasteiger partial charge in [-0.1, -0.05) is 0 Å². The average molecular weight is 290 g/mol. The highest BCUT2D eigenvalue weighted by molar-refractivity contribution is 5.76. The highest BCUT2D eigenvalue weighted by Crippen LogP contribution is 2.40. The number of hydrogen-bond acceptors (Lipinski definition) is 3. The molecule has 0 radical (unpaired) electrons. The lowest BCUT2D eigenvalue weighted by atomic mass is 9.73. The number of carbonyl (C=O) groups excluding carboxylic acids is 1. The fraction of sp³-hybridized carbons (Fsp3) is 0.750. The van der Waals surface area contributed by atoms with Gasteiger partial charge in [0.05, 0.1) is 6.20 Å². The molecular weight excluding hydrogens is 264 g/mol. The first-order chi connectivity index (χ1) is 10.2. The van der Waals surface area contributed by atoms with Gasteiger partial charge in [0.15, 0.2) is 0 Å². The zero-order valence-electron chi connectivity index (χ0n) is 13.0. The van der Waals surface area contributed by atoms with Gasteiger partial charge in [0.1, 0.15) is 0 Å². The quantitative estimate of drug-likeness (QED) is 0.923. The lowest BCUT2D eigenvalue weighted by Crippen LogP contribution is -2.40. The van der Waals surface area contributed by atoms with E-state index in [1.807, 2.05) is 10.9 Å². The maximum Gasteiger partial charge on any atom is 0.220 e. The van der Waals surface area contributed by atoms with Crippen LogP contribution in [-0.2, 0) is 17.9 Å². The fourth-order valence-corrected chi connectivity index (χ4v) is 3.66. The second-order valence-electron chi connectivity index (χ2n) is 6.58. The van der Waals surface area contributed by atoms with Crippen molar-refractivity contribution in [3.05, 3.63) is 18.0 Å². The van der Waals surface area contributed by atoms with Gasteiger partial charge in [-0.3, -0.25) is 14.4 Å². The van der Waals surface area contributed by atoms with Crippen LogP contribution in [0.15, 0.2) is 12.4 Å². The van der Waals surface area contributed by atoms with Crippen LogP contribution in [0.4, 0.5) is 0 Å². The molecule has 1 spiro atoms. The molecule has 116 valence electrons. The van der Waals surface area contributed by atoms with E-state index in [9.17, 15) is 4.79 Å². The van der Waals surface area contributed by atoms with Gasteiger partial charge in [-0.15, -0.1) is 0 Å². The minimum absolute atomic E-state index is 0.237. The topological polar surface area (TPSA) is 50.2 Å². The zero-order chi connectivity index (χ0) is 14.7. The van der Waals surface area contributed by atoms with E-state index in [1.165, 1.54) is 18.4 Å². The van der Waals surface area contributed by atoms with Crippen LogP contribution < -0.4 is 5.32 Å². The van der Waals surface area contributed by atoms with E-state index in [0.717, 1.165) is 45.6 Å². The van der Waals surface area contributed by atoms with Crippen molar-refractivity contribution in [2.45, 2.75) is 52.1 Å². The van der Waals surface area contributed by atoms with Crippen LogP contribution >= 0.6 is 0 Å². The molecule has 5 nitrogen and oxygen atoms in total. The maximum atomic E-state index is 11.5. The molecule has 5 heteroatoms.